The van der Waals surface area contributed by atoms with Gasteiger partial charge in [-0.1, -0.05) is 19.8 Å². The summed E-state index contributed by atoms with van der Waals surface area (Å²) in [7, 11) is 0. The van der Waals surface area contributed by atoms with E-state index in [1.807, 2.05) is 16.9 Å². The molecule has 0 spiro atoms. The SMILES string of the molecule is C[C@@H]1CCC[C@@H](OCC(=O)Nc2ccn([C@@H]3CCNC3)n2)C1. The number of aromatic nitrogens is 2. The first-order valence-corrected chi connectivity index (χ1v) is 8.38. The monoisotopic (exact) mass is 306 g/mol. The van der Waals surface area contributed by atoms with Crippen molar-refractivity contribution in [2.24, 2.45) is 5.92 Å². The Morgan fingerprint density at radius 2 is 2.41 bits per heavy atom. The van der Waals surface area contributed by atoms with Crippen molar-refractivity contribution < 1.29 is 9.53 Å². The zero-order valence-corrected chi connectivity index (χ0v) is 13.3. The highest BCUT2D eigenvalue weighted by Gasteiger charge is 2.21. The first kappa shape index (κ1) is 15.5. The fourth-order valence-electron chi connectivity index (χ4n) is 3.38. The van der Waals surface area contributed by atoms with Crippen LogP contribution in [-0.4, -0.2) is 41.5 Å². The van der Waals surface area contributed by atoms with Gasteiger partial charge in [-0.25, -0.2) is 0 Å². The number of ether oxygens (including phenoxy) is 1. The van der Waals surface area contributed by atoms with Crippen LogP contribution in [0.3, 0.4) is 0 Å². The Morgan fingerprint density at radius 1 is 1.50 bits per heavy atom. The van der Waals surface area contributed by atoms with Crippen molar-refractivity contribution in [3.05, 3.63) is 12.3 Å². The minimum absolute atomic E-state index is 0.118. The van der Waals surface area contributed by atoms with Gasteiger partial charge in [-0.05, 0) is 31.7 Å². The van der Waals surface area contributed by atoms with Crippen LogP contribution in [-0.2, 0) is 9.53 Å². The fourth-order valence-corrected chi connectivity index (χ4v) is 3.38. The van der Waals surface area contributed by atoms with Crippen molar-refractivity contribution in [1.29, 1.82) is 0 Å². The zero-order chi connectivity index (χ0) is 15.4. The zero-order valence-electron chi connectivity index (χ0n) is 13.3. The molecule has 6 nitrogen and oxygen atoms in total. The number of nitrogens with one attached hydrogen (secondary N) is 2. The Morgan fingerprint density at radius 3 is 3.18 bits per heavy atom. The molecule has 0 aromatic carbocycles. The van der Waals surface area contributed by atoms with Gasteiger partial charge in [0.25, 0.3) is 5.91 Å². The summed E-state index contributed by atoms with van der Waals surface area (Å²) in [5, 5.41) is 10.6. The smallest absolute Gasteiger partial charge is 0.251 e. The summed E-state index contributed by atoms with van der Waals surface area (Å²) in [6.45, 7) is 4.34. The maximum absolute atomic E-state index is 12.0. The average molecular weight is 306 g/mol. The van der Waals surface area contributed by atoms with E-state index in [4.69, 9.17) is 4.74 Å². The quantitative estimate of drug-likeness (QED) is 0.872. The van der Waals surface area contributed by atoms with E-state index >= 15 is 0 Å². The number of rotatable bonds is 5. The minimum Gasteiger partial charge on any atom is -0.368 e. The van der Waals surface area contributed by atoms with Gasteiger partial charge < -0.3 is 15.4 Å². The first-order chi connectivity index (χ1) is 10.7. The number of carbonyl (C=O) groups is 1. The summed E-state index contributed by atoms with van der Waals surface area (Å²) < 4.78 is 7.67. The third-order valence-electron chi connectivity index (χ3n) is 4.62. The molecule has 22 heavy (non-hydrogen) atoms. The molecular formula is C16H26N4O2. The first-order valence-electron chi connectivity index (χ1n) is 8.38. The van der Waals surface area contributed by atoms with Gasteiger partial charge in [-0.3, -0.25) is 9.48 Å². The molecule has 2 N–H and O–H groups in total. The largest absolute Gasteiger partial charge is 0.368 e. The summed E-state index contributed by atoms with van der Waals surface area (Å²) >= 11 is 0. The molecule has 122 valence electrons. The highest BCUT2D eigenvalue weighted by atomic mass is 16.5. The van der Waals surface area contributed by atoms with E-state index in [2.05, 4.69) is 22.7 Å². The number of anilines is 1. The second-order valence-corrected chi connectivity index (χ2v) is 6.58. The maximum atomic E-state index is 12.0. The number of hydrogen-bond acceptors (Lipinski definition) is 4. The second-order valence-electron chi connectivity index (χ2n) is 6.58. The predicted molar refractivity (Wildman–Crippen MR) is 84.8 cm³/mol. The summed E-state index contributed by atoms with van der Waals surface area (Å²) in [4.78, 5) is 12.0. The van der Waals surface area contributed by atoms with E-state index < -0.39 is 0 Å². The lowest BCUT2D eigenvalue weighted by Crippen LogP contribution is -2.27. The van der Waals surface area contributed by atoms with Crippen LogP contribution in [0.15, 0.2) is 12.3 Å². The number of hydrogen-bond donors (Lipinski definition) is 2. The highest BCUT2D eigenvalue weighted by molar-refractivity contribution is 5.90. The van der Waals surface area contributed by atoms with Gasteiger partial charge in [0.05, 0.1) is 12.1 Å². The van der Waals surface area contributed by atoms with Gasteiger partial charge in [0.2, 0.25) is 0 Å². The normalized spacial score (nSPS) is 28.7. The topological polar surface area (TPSA) is 68.2 Å². The molecular weight excluding hydrogens is 280 g/mol. The molecule has 3 rings (SSSR count). The average Bonchev–Trinajstić information content (AvgIpc) is 3.16. The summed E-state index contributed by atoms with van der Waals surface area (Å²) in [6.07, 6.45) is 7.86. The highest BCUT2D eigenvalue weighted by Crippen LogP contribution is 2.25. The van der Waals surface area contributed by atoms with Crippen LogP contribution in [0.2, 0.25) is 0 Å². The molecule has 0 unspecified atom stereocenters. The molecule has 1 aliphatic carbocycles. The predicted octanol–water partition coefficient (Wildman–Crippen LogP) is 1.95. The Balaban J connectivity index is 1.43. The lowest BCUT2D eigenvalue weighted by atomic mass is 9.89. The summed E-state index contributed by atoms with van der Waals surface area (Å²) in [6, 6.07) is 2.24. The summed E-state index contributed by atoms with van der Waals surface area (Å²) in [5.41, 5.74) is 0. The lowest BCUT2D eigenvalue weighted by Gasteiger charge is -2.26. The maximum Gasteiger partial charge on any atom is 0.251 e. The molecule has 0 radical (unpaired) electrons. The van der Waals surface area contributed by atoms with Gasteiger partial charge in [-0.2, -0.15) is 5.10 Å². The summed E-state index contributed by atoms with van der Waals surface area (Å²) in [5.74, 6) is 1.20. The van der Waals surface area contributed by atoms with Crippen molar-refractivity contribution in [2.45, 2.75) is 51.2 Å². The van der Waals surface area contributed by atoms with Crippen molar-refractivity contribution in [3.63, 3.8) is 0 Å². The van der Waals surface area contributed by atoms with E-state index in [0.717, 1.165) is 32.4 Å². The fraction of sp³-hybridized carbons (Fsp3) is 0.750. The van der Waals surface area contributed by atoms with Crippen LogP contribution in [0.25, 0.3) is 0 Å². The van der Waals surface area contributed by atoms with Crippen molar-refractivity contribution in [1.82, 2.24) is 15.1 Å². The van der Waals surface area contributed by atoms with Crippen LogP contribution in [0.4, 0.5) is 5.82 Å². The van der Waals surface area contributed by atoms with Crippen LogP contribution >= 0.6 is 0 Å². The van der Waals surface area contributed by atoms with Gasteiger partial charge in [-0.15, -0.1) is 0 Å². The molecule has 2 heterocycles. The Kier molecular flexibility index (Phi) is 5.10. The Hall–Kier alpha value is -1.40. The number of nitrogens with zero attached hydrogens (tertiary/aromatic N) is 2. The second kappa shape index (κ2) is 7.24. The molecule has 1 aromatic rings. The molecule has 2 aliphatic rings. The molecule has 2 fully saturated rings. The van der Waals surface area contributed by atoms with E-state index in [1.165, 1.54) is 12.8 Å². The lowest BCUT2D eigenvalue weighted by molar-refractivity contribution is -0.123. The van der Waals surface area contributed by atoms with Gasteiger partial charge in [0.15, 0.2) is 5.82 Å². The minimum atomic E-state index is -0.118. The number of carbonyl (C=O) groups excluding carboxylic acids is 1. The van der Waals surface area contributed by atoms with Gasteiger partial charge in [0, 0.05) is 18.8 Å². The van der Waals surface area contributed by atoms with E-state index in [1.54, 1.807) is 0 Å². The molecule has 1 aliphatic heterocycles. The Labute approximate surface area is 131 Å². The van der Waals surface area contributed by atoms with Crippen LogP contribution in [0.5, 0.6) is 0 Å². The molecule has 1 amide bonds. The van der Waals surface area contributed by atoms with Gasteiger partial charge in [0.1, 0.15) is 6.61 Å². The van der Waals surface area contributed by atoms with Crippen LogP contribution < -0.4 is 10.6 Å². The third kappa shape index (κ3) is 4.08. The molecule has 1 aromatic heterocycles. The standard InChI is InChI=1S/C16H26N4O2/c1-12-3-2-4-14(9-12)22-11-16(21)18-15-6-8-20(19-15)13-5-7-17-10-13/h6,8,12-14,17H,2-5,7,9-11H2,1H3,(H,18,19,21)/t12-,13-,14-/m1/s1. The van der Waals surface area contributed by atoms with Crippen molar-refractivity contribution in [3.8, 4) is 0 Å². The Bertz CT molecular complexity index is 496. The van der Waals surface area contributed by atoms with Crippen molar-refractivity contribution in [2.75, 3.05) is 25.0 Å². The molecule has 0 bridgehead atoms. The van der Waals surface area contributed by atoms with Gasteiger partial charge >= 0.3 is 0 Å². The number of amides is 1. The molecule has 6 heteroatoms. The van der Waals surface area contributed by atoms with Crippen LogP contribution in [0.1, 0.15) is 45.1 Å². The molecule has 1 saturated heterocycles. The van der Waals surface area contributed by atoms with E-state index in [-0.39, 0.29) is 18.6 Å². The van der Waals surface area contributed by atoms with Crippen LogP contribution in [0, 0.1) is 5.92 Å². The van der Waals surface area contributed by atoms with E-state index in [9.17, 15) is 4.79 Å². The molecule has 3 atom stereocenters. The third-order valence-corrected chi connectivity index (χ3v) is 4.62. The van der Waals surface area contributed by atoms with E-state index in [0.29, 0.717) is 17.8 Å². The molecule has 1 saturated carbocycles. The van der Waals surface area contributed by atoms with Crippen molar-refractivity contribution >= 4 is 11.7 Å².